The lowest BCUT2D eigenvalue weighted by molar-refractivity contribution is -0.386. The highest BCUT2D eigenvalue weighted by Crippen LogP contribution is 2.40. The molecular formula is C15H21N3O4. The Morgan fingerprint density at radius 2 is 2.09 bits per heavy atom. The number of hydrogen-bond donors (Lipinski definition) is 3. The zero-order valence-corrected chi connectivity index (χ0v) is 12.4. The molecule has 1 fully saturated rings. The van der Waals surface area contributed by atoms with Crippen molar-refractivity contribution >= 4 is 5.69 Å². The van der Waals surface area contributed by atoms with E-state index in [2.05, 4.69) is 16.8 Å². The molecule has 0 saturated carbocycles. The number of rotatable bonds is 6. The molecule has 1 heterocycles. The highest BCUT2D eigenvalue weighted by Gasteiger charge is 2.26. The minimum Gasteiger partial charge on any atom is -0.504 e. The van der Waals surface area contributed by atoms with Crippen LogP contribution in [0.4, 0.5) is 5.69 Å². The van der Waals surface area contributed by atoms with E-state index < -0.39 is 22.1 Å². The molecule has 1 aromatic carbocycles. The molecule has 2 rings (SSSR count). The second kappa shape index (κ2) is 7.24. The predicted molar refractivity (Wildman–Crippen MR) is 83.0 cm³/mol. The third-order valence-electron chi connectivity index (χ3n) is 3.91. The third-order valence-corrected chi connectivity index (χ3v) is 3.91. The molecule has 7 nitrogen and oxygen atoms in total. The van der Waals surface area contributed by atoms with Gasteiger partial charge >= 0.3 is 5.69 Å². The summed E-state index contributed by atoms with van der Waals surface area (Å²) in [6.45, 7) is 7.10. The number of phenolic OH excluding ortho intramolecular Hbond substituents is 2. The van der Waals surface area contributed by atoms with Crippen LogP contribution in [-0.2, 0) is 0 Å². The summed E-state index contributed by atoms with van der Waals surface area (Å²) in [6, 6.07) is 2.72. The van der Waals surface area contributed by atoms with E-state index in [1.807, 2.05) is 6.08 Å². The summed E-state index contributed by atoms with van der Waals surface area (Å²) in [4.78, 5) is 12.6. The van der Waals surface area contributed by atoms with Gasteiger partial charge < -0.3 is 15.5 Å². The third kappa shape index (κ3) is 3.55. The molecule has 120 valence electrons. The van der Waals surface area contributed by atoms with Crippen LogP contribution in [0.2, 0.25) is 0 Å². The number of hydrogen-bond acceptors (Lipinski definition) is 6. The van der Waals surface area contributed by atoms with Crippen molar-refractivity contribution in [2.75, 3.05) is 26.2 Å². The lowest BCUT2D eigenvalue weighted by atomic mass is 9.98. The predicted octanol–water partition coefficient (Wildman–Crippen LogP) is 1.92. The number of allylic oxidation sites excluding steroid dienone is 1. The van der Waals surface area contributed by atoms with Crippen molar-refractivity contribution in [1.29, 1.82) is 0 Å². The van der Waals surface area contributed by atoms with Crippen molar-refractivity contribution in [3.8, 4) is 11.5 Å². The van der Waals surface area contributed by atoms with Crippen LogP contribution in [0.1, 0.15) is 24.4 Å². The zero-order valence-electron chi connectivity index (χ0n) is 12.4. The quantitative estimate of drug-likeness (QED) is 0.321. The molecule has 1 aliphatic rings. The maximum Gasteiger partial charge on any atom is 0.314 e. The number of aromatic hydroxyl groups is 2. The van der Waals surface area contributed by atoms with Gasteiger partial charge in [-0.1, -0.05) is 6.08 Å². The van der Waals surface area contributed by atoms with Gasteiger partial charge in [-0.2, -0.15) is 0 Å². The number of piperazine rings is 1. The molecule has 0 aromatic heterocycles. The molecule has 7 heteroatoms. The molecule has 22 heavy (non-hydrogen) atoms. The van der Waals surface area contributed by atoms with Crippen LogP contribution in [-0.4, -0.2) is 46.2 Å². The SMILES string of the molecule is C=CCC[C@H](c1cc(O)c(O)c([N+](=O)[O-])c1)N1CCNCC1. The summed E-state index contributed by atoms with van der Waals surface area (Å²) >= 11 is 0. The molecule has 1 saturated heterocycles. The van der Waals surface area contributed by atoms with Crippen molar-refractivity contribution < 1.29 is 15.1 Å². The zero-order chi connectivity index (χ0) is 16.1. The molecular weight excluding hydrogens is 286 g/mol. The van der Waals surface area contributed by atoms with Gasteiger partial charge in [0.05, 0.1) is 4.92 Å². The fraction of sp³-hybridized carbons (Fsp3) is 0.467. The van der Waals surface area contributed by atoms with Gasteiger partial charge in [-0.25, -0.2) is 0 Å². The topological polar surface area (TPSA) is 98.9 Å². The Balaban J connectivity index is 2.37. The van der Waals surface area contributed by atoms with Gasteiger partial charge in [-0.3, -0.25) is 15.0 Å². The van der Waals surface area contributed by atoms with E-state index in [9.17, 15) is 20.3 Å². The number of phenols is 2. The second-order valence-electron chi connectivity index (χ2n) is 5.33. The van der Waals surface area contributed by atoms with Crippen molar-refractivity contribution in [3.05, 3.63) is 40.5 Å². The molecule has 0 aliphatic carbocycles. The van der Waals surface area contributed by atoms with Crippen LogP contribution in [0.25, 0.3) is 0 Å². The van der Waals surface area contributed by atoms with Crippen LogP contribution in [0, 0.1) is 10.1 Å². The lowest BCUT2D eigenvalue weighted by Crippen LogP contribution is -2.45. The normalized spacial score (nSPS) is 17.1. The summed E-state index contributed by atoms with van der Waals surface area (Å²) in [7, 11) is 0. The molecule has 0 unspecified atom stereocenters. The Hall–Kier alpha value is -2.12. The van der Waals surface area contributed by atoms with E-state index >= 15 is 0 Å². The number of nitro benzene ring substituents is 1. The first-order chi connectivity index (χ1) is 10.5. The van der Waals surface area contributed by atoms with Crippen molar-refractivity contribution in [2.24, 2.45) is 0 Å². The average Bonchev–Trinajstić information content (AvgIpc) is 2.51. The largest absolute Gasteiger partial charge is 0.504 e. The van der Waals surface area contributed by atoms with E-state index in [1.165, 1.54) is 12.1 Å². The number of nitrogens with one attached hydrogen (secondary N) is 1. The molecule has 3 N–H and O–H groups in total. The summed E-state index contributed by atoms with van der Waals surface area (Å²) < 4.78 is 0. The first kappa shape index (κ1) is 16.3. The molecule has 0 radical (unpaired) electrons. The van der Waals surface area contributed by atoms with E-state index in [1.54, 1.807) is 0 Å². The Labute approximate surface area is 129 Å². The standard InChI is InChI=1S/C15H21N3O4/c1-2-3-4-12(17-7-5-16-6-8-17)11-9-13(18(21)22)15(20)14(19)10-11/h2,9-10,12,16,19-20H,1,3-8H2/t12-/m1/s1. The van der Waals surface area contributed by atoms with Crippen LogP contribution >= 0.6 is 0 Å². The Morgan fingerprint density at radius 3 is 2.68 bits per heavy atom. The maximum absolute atomic E-state index is 11.0. The molecule has 0 amide bonds. The fourth-order valence-corrected chi connectivity index (χ4v) is 2.79. The van der Waals surface area contributed by atoms with Crippen molar-refractivity contribution in [2.45, 2.75) is 18.9 Å². The fourth-order valence-electron chi connectivity index (χ4n) is 2.79. The van der Waals surface area contributed by atoms with Crippen molar-refractivity contribution in [1.82, 2.24) is 10.2 Å². The first-order valence-corrected chi connectivity index (χ1v) is 7.30. The molecule has 1 aromatic rings. The van der Waals surface area contributed by atoms with Gasteiger partial charge in [-0.15, -0.1) is 6.58 Å². The van der Waals surface area contributed by atoms with Gasteiger partial charge in [0.1, 0.15) is 0 Å². The van der Waals surface area contributed by atoms with Crippen LogP contribution in [0.3, 0.4) is 0 Å². The average molecular weight is 307 g/mol. The Morgan fingerprint density at radius 1 is 1.41 bits per heavy atom. The first-order valence-electron chi connectivity index (χ1n) is 7.30. The highest BCUT2D eigenvalue weighted by atomic mass is 16.6. The highest BCUT2D eigenvalue weighted by molar-refractivity contribution is 5.57. The summed E-state index contributed by atoms with van der Waals surface area (Å²) in [5, 5.41) is 33.7. The molecule has 0 bridgehead atoms. The van der Waals surface area contributed by atoms with E-state index in [-0.39, 0.29) is 6.04 Å². The van der Waals surface area contributed by atoms with E-state index in [0.29, 0.717) is 5.56 Å². The van der Waals surface area contributed by atoms with Crippen molar-refractivity contribution in [3.63, 3.8) is 0 Å². The monoisotopic (exact) mass is 307 g/mol. The minimum absolute atomic E-state index is 0.0506. The van der Waals surface area contributed by atoms with Gasteiger partial charge in [0.15, 0.2) is 5.75 Å². The molecule has 1 aliphatic heterocycles. The van der Waals surface area contributed by atoms with Gasteiger partial charge in [0.25, 0.3) is 0 Å². The summed E-state index contributed by atoms with van der Waals surface area (Å²) in [5.41, 5.74) is 0.180. The van der Waals surface area contributed by atoms with E-state index in [0.717, 1.165) is 39.0 Å². The van der Waals surface area contributed by atoms with Crippen LogP contribution in [0.15, 0.2) is 24.8 Å². The lowest BCUT2D eigenvalue weighted by Gasteiger charge is -2.35. The summed E-state index contributed by atoms with van der Waals surface area (Å²) in [6.07, 6.45) is 3.33. The molecule has 0 spiro atoms. The summed E-state index contributed by atoms with van der Waals surface area (Å²) in [5.74, 6) is -1.14. The van der Waals surface area contributed by atoms with Gasteiger partial charge in [-0.05, 0) is 24.5 Å². The Bertz CT molecular complexity index is 556. The maximum atomic E-state index is 11.0. The van der Waals surface area contributed by atoms with Gasteiger partial charge in [0, 0.05) is 38.3 Å². The van der Waals surface area contributed by atoms with E-state index in [4.69, 9.17) is 0 Å². The van der Waals surface area contributed by atoms with Crippen LogP contribution in [0.5, 0.6) is 11.5 Å². The number of nitro groups is 1. The number of benzene rings is 1. The van der Waals surface area contributed by atoms with Crippen LogP contribution < -0.4 is 5.32 Å². The molecule has 1 atom stereocenters. The minimum atomic E-state index is -0.684. The Kier molecular flexibility index (Phi) is 5.35. The smallest absolute Gasteiger partial charge is 0.314 e. The van der Waals surface area contributed by atoms with Gasteiger partial charge in [0.2, 0.25) is 5.75 Å². The second-order valence-corrected chi connectivity index (χ2v) is 5.33. The number of nitrogens with zero attached hydrogens (tertiary/aromatic N) is 2.